The van der Waals surface area contributed by atoms with Crippen LogP contribution in [0, 0.1) is 11.2 Å². The minimum Gasteiger partial charge on any atom is -0.439 e. The third-order valence-corrected chi connectivity index (χ3v) is 7.80. The number of nitrogens with zero attached hydrogens (tertiary/aromatic N) is 3. The van der Waals surface area contributed by atoms with Gasteiger partial charge < -0.3 is 14.5 Å². The number of piperidine rings is 2. The van der Waals surface area contributed by atoms with Crippen molar-refractivity contribution in [2.75, 3.05) is 26.2 Å². The molecule has 6 nitrogen and oxygen atoms in total. The van der Waals surface area contributed by atoms with E-state index in [1.54, 1.807) is 41.3 Å². The predicted octanol–water partition coefficient (Wildman–Crippen LogP) is 6.48. The SMILES string of the molecule is O=C(c1ccc(Oc2ccc(Cl)cn2)cc1)N1CCC2(CC1)CCN(C(=O)c1cc(F)cc(Cl)c1)CC2. The monoisotopic (exact) mass is 541 g/mol. The minimum absolute atomic E-state index is 0.00150. The van der Waals surface area contributed by atoms with E-state index in [0.717, 1.165) is 25.7 Å². The molecule has 2 aliphatic rings. The Labute approximate surface area is 224 Å². The maximum Gasteiger partial charge on any atom is 0.254 e. The lowest BCUT2D eigenvalue weighted by molar-refractivity contribution is 0.0280. The molecule has 1 spiro atoms. The Morgan fingerprint density at radius 3 is 1.92 bits per heavy atom. The second-order valence-corrected chi connectivity index (χ2v) is 10.6. The summed E-state index contributed by atoms with van der Waals surface area (Å²) in [5.41, 5.74) is 1.01. The third kappa shape index (κ3) is 5.89. The minimum atomic E-state index is -0.512. The summed E-state index contributed by atoms with van der Waals surface area (Å²) in [6.45, 7) is 2.59. The quantitative estimate of drug-likeness (QED) is 0.379. The van der Waals surface area contributed by atoms with E-state index in [-0.39, 0.29) is 27.8 Å². The number of carbonyl (C=O) groups is 2. The molecule has 2 aromatic carbocycles. The van der Waals surface area contributed by atoms with Crippen molar-refractivity contribution in [3.63, 3.8) is 0 Å². The molecular formula is C28H26Cl2FN3O3. The molecule has 192 valence electrons. The number of rotatable bonds is 4. The topological polar surface area (TPSA) is 62.7 Å². The number of likely N-dealkylation sites (tertiary alicyclic amines) is 2. The van der Waals surface area contributed by atoms with Crippen LogP contribution in [0.15, 0.2) is 60.8 Å². The number of aromatic nitrogens is 1. The average Bonchev–Trinajstić information content (AvgIpc) is 2.90. The molecule has 0 aliphatic carbocycles. The molecule has 1 aromatic heterocycles. The van der Waals surface area contributed by atoms with Crippen molar-refractivity contribution in [1.29, 1.82) is 0 Å². The highest BCUT2D eigenvalue weighted by molar-refractivity contribution is 6.31. The smallest absolute Gasteiger partial charge is 0.254 e. The van der Waals surface area contributed by atoms with Crippen molar-refractivity contribution < 1.29 is 18.7 Å². The van der Waals surface area contributed by atoms with E-state index in [1.807, 2.05) is 4.90 Å². The molecule has 2 amide bonds. The van der Waals surface area contributed by atoms with E-state index in [1.165, 1.54) is 24.4 Å². The standard InChI is InChI=1S/C28H26Cl2FN3O3/c29-21-3-6-25(32-18-21)37-24-4-1-19(2-5-24)26(35)33-11-7-28(8-12-33)9-13-34(14-10-28)27(36)20-15-22(30)17-23(31)16-20/h1-6,15-18H,7-14H2. The van der Waals surface area contributed by atoms with E-state index < -0.39 is 5.82 Å². The summed E-state index contributed by atoms with van der Waals surface area (Å²) in [6.07, 6.45) is 5.05. The maximum absolute atomic E-state index is 13.7. The van der Waals surface area contributed by atoms with Gasteiger partial charge in [0, 0.05) is 54.6 Å². The van der Waals surface area contributed by atoms with Crippen molar-refractivity contribution in [3.05, 3.63) is 87.8 Å². The van der Waals surface area contributed by atoms with Crippen molar-refractivity contribution in [1.82, 2.24) is 14.8 Å². The van der Waals surface area contributed by atoms with Crippen LogP contribution in [0.25, 0.3) is 0 Å². The molecule has 5 rings (SSSR count). The van der Waals surface area contributed by atoms with Crippen molar-refractivity contribution in [2.24, 2.45) is 5.41 Å². The summed E-state index contributed by atoms with van der Waals surface area (Å²) >= 11 is 11.8. The summed E-state index contributed by atoms with van der Waals surface area (Å²) in [5, 5.41) is 0.750. The molecule has 3 aromatic rings. The molecule has 0 radical (unpaired) electrons. The lowest BCUT2D eigenvalue weighted by Crippen LogP contribution is -2.49. The van der Waals surface area contributed by atoms with Gasteiger partial charge in [-0.25, -0.2) is 9.37 Å². The molecule has 0 bridgehead atoms. The number of benzene rings is 2. The van der Waals surface area contributed by atoms with Gasteiger partial charge in [0.05, 0.1) is 5.02 Å². The summed E-state index contributed by atoms with van der Waals surface area (Å²) in [7, 11) is 0. The first kappa shape index (κ1) is 25.5. The number of hydrogen-bond donors (Lipinski definition) is 0. The Balaban J connectivity index is 1.13. The van der Waals surface area contributed by atoms with Crippen LogP contribution in [0.4, 0.5) is 4.39 Å². The highest BCUT2D eigenvalue weighted by Gasteiger charge is 2.39. The van der Waals surface area contributed by atoms with Gasteiger partial charge in [0.2, 0.25) is 5.88 Å². The van der Waals surface area contributed by atoms with Gasteiger partial charge in [0.25, 0.3) is 11.8 Å². The molecule has 9 heteroatoms. The zero-order chi connectivity index (χ0) is 26.0. The van der Waals surface area contributed by atoms with Gasteiger partial charge in [0.15, 0.2) is 0 Å². The van der Waals surface area contributed by atoms with Crippen molar-refractivity contribution in [2.45, 2.75) is 25.7 Å². The molecule has 0 unspecified atom stereocenters. The Kier molecular flexibility index (Phi) is 7.36. The van der Waals surface area contributed by atoms with E-state index in [4.69, 9.17) is 27.9 Å². The number of amides is 2. The van der Waals surface area contributed by atoms with Crippen LogP contribution in [0.2, 0.25) is 10.0 Å². The van der Waals surface area contributed by atoms with Gasteiger partial charge in [-0.3, -0.25) is 9.59 Å². The van der Waals surface area contributed by atoms with Gasteiger partial charge in [-0.2, -0.15) is 0 Å². The van der Waals surface area contributed by atoms with E-state index in [0.29, 0.717) is 48.4 Å². The highest BCUT2D eigenvalue weighted by atomic mass is 35.5. The predicted molar refractivity (Wildman–Crippen MR) is 140 cm³/mol. The molecular weight excluding hydrogens is 516 g/mol. The first-order valence-electron chi connectivity index (χ1n) is 12.2. The number of hydrogen-bond acceptors (Lipinski definition) is 4. The van der Waals surface area contributed by atoms with Gasteiger partial charge in [-0.15, -0.1) is 0 Å². The second-order valence-electron chi connectivity index (χ2n) is 9.68. The zero-order valence-corrected chi connectivity index (χ0v) is 21.6. The summed E-state index contributed by atoms with van der Waals surface area (Å²) < 4.78 is 19.4. The fourth-order valence-corrected chi connectivity index (χ4v) is 5.45. The number of halogens is 3. The lowest BCUT2D eigenvalue weighted by Gasteiger charge is -2.47. The Bertz CT molecular complexity index is 1260. The van der Waals surface area contributed by atoms with Gasteiger partial charge in [-0.1, -0.05) is 23.2 Å². The average molecular weight is 542 g/mol. The Hall–Kier alpha value is -3.16. The van der Waals surface area contributed by atoms with Crippen LogP contribution < -0.4 is 4.74 Å². The summed E-state index contributed by atoms with van der Waals surface area (Å²) in [5.74, 6) is 0.315. The van der Waals surface area contributed by atoms with E-state index in [2.05, 4.69) is 4.98 Å². The van der Waals surface area contributed by atoms with Crippen LogP contribution in [0.5, 0.6) is 11.6 Å². The largest absolute Gasteiger partial charge is 0.439 e. The normalized spacial score (nSPS) is 17.1. The number of carbonyl (C=O) groups excluding carboxylic acids is 2. The maximum atomic E-state index is 13.7. The van der Waals surface area contributed by atoms with Crippen LogP contribution >= 0.6 is 23.2 Å². The Morgan fingerprint density at radius 2 is 1.38 bits per heavy atom. The third-order valence-electron chi connectivity index (χ3n) is 7.36. The van der Waals surface area contributed by atoms with E-state index in [9.17, 15) is 14.0 Å². The lowest BCUT2D eigenvalue weighted by atomic mass is 9.71. The molecule has 0 N–H and O–H groups in total. The molecule has 3 heterocycles. The van der Waals surface area contributed by atoms with E-state index >= 15 is 0 Å². The summed E-state index contributed by atoms with van der Waals surface area (Å²) in [4.78, 5) is 33.7. The molecule has 2 fully saturated rings. The first-order valence-corrected chi connectivity index (χ1v) is 13.0. The molecule has 37 heavy (non-hydrogen) atoms. The van der Waals surface area contributed by atoms with Gasteiger partial charge >= 0.3 is 0 Å². The van der Waals surface area contributed by atoms with Crippen molar-refractivity contribution >= 4 is 35.0 Å². The molecule has 0 atom stereocenters. The van der Waals surface area contributed by atoms with Crippen molar-refractivity contribution in [3.8, 4) is 11.6 Å². The van der Waals surface area contributed by atoms with Crippen LogP contribution in [0.3, 0.4) is 0 Å². The second kappa shape index (κ2) is 10.7. The first-order chi connectivity index (χ1) is 17.8. The van der Waals surface area contributed by atoms with Gasteiger partial charge in [-0.05, 0) is 79.6 Å². The highest BCUT2D eigenvalue weighted by Crippen LogP contribution is 2.42. The zero-order valence-electron chi connectivity index (χ0n) is 20.1. The van der Waals surface area contributed by atoms with Gasteiger partial charge in [0.1, 0.15) is 11.6 Å². The number of pyridine rings is 1. The molecule has 0 saturated carbocycles. The number of ether oxygens (including phenoxy) is 1. The van der Waals surface area contributed by atoms with Crippen LogP contribution in [-0.2, 0) is 0 Å². The Morgan fingerprint density at radius 1 is 0.784 bits per heavy atom. The van der Waals surface area contributed by atoms with Crippen LogP contribution in [0.1, 0.15) is 46.4 Å². The van der Waals surface area contributed by atoms with Crippen LogP contribution in [-0.4, -0.2) is 52.8 Å². The molecule has 2 aliphatic heterocycles. The summed E-state index contributed by atoms with van der Waals surface area (Å²) in [6, 6.07) is 14.4. The fourth-order valence-electron chi connectivity index (χ4n) is 5.12. The fraction of sp³-hybridized carbons (Fsp3) is 0.321. The molecule has 2 saturated heterocycles.